The van der Waals surface area contributed by atoms with Crippen molar-refractivity contribution in [3.05, 3.63) is 56.6 Å². The lowest BCUT2D eigenvalue weighted by Crippen LogP contribution is -2.16. The topological polar surface area (TPSA) is 50.2 Å². The highest BCUT2D eigenvalue weighted by Crippen LogP contribution is 2.25. The van der Waals surface area contributed by atoms with Gasteiger partial charge in [-0.1, -0.05) is 35.3 Å². The molecule has 0 aliphatic heterocycles. The van der Waals surface area contributed by atoms with Crippen LogP contribution in [0.4, 0.5) is 0 Å². The minimum Gasteiger partial charge on any atom is -0.296 e. The highest BCUT2D eigenvalue weighted by molar-refractivity contribution is 6.31. The van der Waals surface area contributed by atoms with E-state index >= 15 is 0 Å². The molecule has 0 amide bonds. The van der Waals surface area contributed by atoms with Gasteiger partial charge in [0.1, 0.15) is 5.02 Å². The standard InChI is InChI=1S/C13H9Cl2N3O/c1-7-11(15)13(19)18-12(17-7)10(6-16-18)8-3-2-4-9(14)5-8/h2-6,16H,1H3. The molecule has 0 aliphatic rings. The van der Waals surface area contributed by atoms with Gasteiger partial charge in [-0.15, -0.1) is 0 Å². The first kappa shape index (κ1) is 12.3. The zero-order valence-corrected chi connectivity index (χ0v) is 11.5. The van der Waals surface area contributed by atoms with E-state index in [4.69, 9.17) is 23.2 Å². The van der Waals surface area contributed by atoms with Gasteiger partial charge in [0.15, 0.2) is 5.65 Å². The number of benzene rings is 1. The van der Waals surface area contributed by atoms with Crippen LogP contribution in [-0.2, 0) is 0 Å². The smallest absolute Gasteiger partial charge is 0.291 e. The van der Waals surface area contributed by atoms with Gasteiger partial charge in [0.25, 0.3) is 5.56 Å². The number of aromatic amines is 1. The monoisotopic (exact) mass is 293 g/mol. The van der Waals surface area contributed by atoms with Crippen molar-refractivity contribution < 1.29 is 0 Å². The summed E-state index contributed by atoms with van der Waals surface area (Å²) in [7, 11) is 0. The molecule has 19 heavy (non-hydrogen) atoms. The summed E-state index contributed by atoms with van der Waals surface area (Å²) in [5.41, 5.74) is 2.43. The van der Waals surface area contributed by atoms with E-state index in [1.807, 2.05) is 18.2 Å². The van der Waals surface area contributed by atoms with Crippen molar-refractivity contribution in [3.8, 4) is 11.1 Å². The molecular formula is C13H9Cl2N3O. The van der Waals surface area contributed by atoms with Crippen LogP contribution >= 0.6 is 23.2 Å². The van der Waals surface area contributed by atoms with Crippen LogP contribution < -0.4 is 5.56 Å². The molecule has 3 rings (SSSR count). The van der Waals surface area contributed by atoms with Gasteiger partial charge in [-0.25, -0.2) is 4.98 Å². The maximum atomic E-state index is 12.0. The molecule has 4 nitrogen and oxygen atoms in total. The van der Waals surface area contributed by atoms with Gasteiger partial charge < -0.3 is 0 Å². The average molecular weight is 294 g/mol. The molecule has 0 saturated heterocycles. The van der Waals surface area contributed by atoms with Gasteiger partial charge >= 0.3 is 0 Å². The third-order valence-electron chi connectivity index (χ3n) is 2.91. The number of nitrogens with zero attached hydrogens (tertiary/aromatic N) is 2. The third-order valence-corrected chi connectivity index (χ3v) is 3.58. The highest BCUT2D eigenvalue weighted by atomic mass is 35.5. The van der Waals surface area contributed by atoms with E-state index in [0.717, 1.165) is 11.1 Å². The van der Waals surface area contributed by atoms with Gasteiger partial charge in [0.2, 0.25) is 0 Å². The predicted octanol–water partition coefficient (Wildman–Crippen LogP) is 3.30. The molecule has 1 aromatic carbocycles. The van der Waals surface area contributed by atoms with E-state index < -0.39 is 0 Å². The number of nitrogens with one attached hydrogen (secondary N) is 1. The Morgan fingerprint density at radius 2 is 2.11 bits per heavy atom. The van der Waals surface area contributed by atoms with Crippen molar-refractivity contribution >= 4 is 28.8 Å². The lowest BCUT2D eigenvalue weighted by Gasteiger charge is -2.01. The van der Waals surface area contributed by atoms with E-state index in [-0.39, 0.29) is 10.6 Å². The second-order valence-corrected chi connectivity index (χ2v) is 4.99. The summed E-state index contributed by atoms with van der Waals surface area (Å²) >= 11 is 11.9. The van der Waals surface area contributed by atoms with Crippen molar-refractivity contribution in [1.82, 2.24) is 14.6 Å². The molecule has 0 fully saturated rings. The minimum atomic E-state index is -0.308. The predicted molar refractivity (Wildman–Crippen MR) is 76.0 cm³/mol. The van der Waals surface area contributed by atoms with Crippen LogP contribution in [0.25, 0.3) is 16.8 Å². The molecule has 0 bridgehead atoms. The number of aromatic nitrogens is 3. The Balaban J connectivity index is 2.35. The van der Waals surface area contributed by atoms with Crippen molar-refractivity contribution in [2.75, 3.05) is 0 Å². The first-order valence-electron chi connectivity index (χ1n) is 5.60. The average Bonchev–Trinajstić information content (AvgIpc) is 2.80. The Morgan fingerprint density at radius 1 is 1.32 bits per heavy atom. The summed E-state index contributed by atoms with van der Waals surface area (Å²) in [4.78, 5) is 16.4. The molecule has 0 radical (unpaired) electrons. The lowest BCUT2D eigenvalue weighted by molar-refractivity contribution is 0.890. The van der Waals surface area contributed by atoms with E-state index in [2.05, 4.69) is 10.1 Å². The number of halogens is 2. The molecular weight excluding hydrogens is 285 g/mol. The Bertz CT molecular complexity index is 836. The van der Waals surface area contributed by atoms with Gasteiger partial charge in [0, 0.05) is 16.8 Å². The maximum Gasteiger partial charge on any atom is 0.291 e. The van der Waals surface area contributed by atoms with Crippen LogP contribution in [0.1, 0.15) is 5.69 Å². The molecule has 0 atom stereocenters. The molecule has 0 saturated carbocycles. The molecule has 2 heterocycles. The second kappa shape index (κ2) is 4.40. The third kappa shape index (κ3) is 1.93. The summed E-state index contributed by atoms with van der Waals surface area (Å²) in [6, 6.07) is 7.37. The SMILES string of the molecule is Cc1nc2c(-c3cccc(Cl)c3)c[nH]n2c(=O)c1Cl. The Kier molecular flexibility index (Phi) is 2.84. The largest absolute Gasteiger partial charge is 0.296 e. The molecule has 0 spiro atoms. The van der Waals surface area contributed by atoms with Crippen LogP contribution in [0, 0.1) is 6.92 Å². The van der Waals surface area contributed by atoms with Crippen LogP contribution in [0.3, 0.4) is 0 Å². The fourth-order valence-electron chi connectivity index (χ4n) is 1.97. The van der Waals surface area contributed by atoms with Crippen molar-refractivity contribution in [2.45, 2.75) is 6.92 Å². The number of rotatable bonds is 1. The second-order valence-electron chi connectivity index (χ2n) is 4.17. The first-order valence-corrected chi connectivity index (χ1v) is 6.35. The molecule has 0 unspecified atom stereocenters. The van der Waals surface area contributed by atoms with Crippen LogP contribution in [0.15, 0.2) is 35.3 Å². The van der Waals surface area contributed by atoms with Gasteiger partial charge in [-0.2, -0.15) is 4.52 Å². The minimum absolute atomic E-state index is 0.122. The summed E-state index contributed by atoms with van der Waals surface area (Å²) in [6.45, 7) is 1.71. The van der Waals surface area contributed by atoms with E-state index in [1.165, 1.54) is 4.52 Å². The van der Waals surface area contributed by atoms with Crippen molar-refractivity contribution in [1.29, 1.82) is 0 Å². The fourth-order valence-corrected chi connectivity index (χ4v) is 2.29. The number of aryl methyl sites for hydroxylation is 1. The van der Waals surface area contributed by atoms with E-state index in [0.29, 0.717) is 16.4 Å². The molecule has 0 aliphatic carbocycles. The number of hydrogen-bond acceptors (Lipinski definition) is 2. The Labute approximate surface area is 118 Å². The molecule has 6 heteroatoms. The van der Waals surface area contributed by atoms with E-state index in [1.54, 1.807) is 19.2 Å². The molecule has 96 valence electrons. The maximum absolute atomic E-state index is 12.0. The Morgan fingerprint density at radius 3 is 2.84 bits per heavy atom. The molecule has 1 N–H and O–H groups in total. The Hall–Kier alpha value is -1.78. The summed E-state index contributed by atoms with van der Waals surface area (Å²) in [6.07, 6.45) is 1.71. The van der Waals surface area contributed by atoms with Crippen LogP contribution in [0.2, 0.25) is 10.0 Å². The van der Waals surface area contributed by atoms with E-state index in [9.17, 15) is 4.79 Å². The van der Waals surface area contributed by atoms with Gasteiger partial charge in [0.05, 0.1) is 5.69 Å². The summed E-state index contributed by atoms with van der Waals surface area (Å²) in [5, 5.41) is 3.61. The normalized spacial score (nSPS) is 11.1. The highest BCUT2D eigenvalue weighted by Gasteiger charge is 2.13. The number of hydrogen-bond donors (Lipinski definition) is 1. The van der Waals surface area contributed by atoms with Gasteiger partial charge in [-0.3, -0.25) is 9.89 Å². The quantitative estimate of drug-likeness (QED) is 0.748. The fraction of sp³-hybridized carbons (Fsp3) is 0.0769. The zero-order valence-electron chi connectivity index (χ0n) is 9.95. The van der Waals surface area contributed by atoms with Crippen molar-refractivity contribution in [2.24, 2.45) is 0 Å². The van der Waals surface area contributed by atoms with Crippen LogP contribution in [0.5, 0.6) is 0 Å². The van der Waals surface area contributed by atoms with Crippen LogP contribution in [-0.4, -0.2) is 14.6 Å². The molecule has 3 aromatic rings. The number of fused-ring (bicyclic) bond motifs is 1. The first-order chi connectivity index (χ1) is 9.08. The summed E-state index contributed by atoms with van der Waals surface area (Å²) in [5.74, 6) is 0. The summed E-state index contributed by atoms with van der Waals surface area (Å²) < 4.78 is 1.32. The zero-order chi connectivity index (χ0) is 13.6. The number of H-pyrrole nitrogens is 1. The van der Waals surface area contributed by atoms with Crippen molar-refractivity contribution in [3.63, 3.8) is 0 Å². The van der Waals surface area contributed by atoms with Gasteiger partial charge in [-0.05, 0) is 24.6 Å². The molecule has 2 aromatic heterocycles. The lowest BCUT2D eigenvalue weighted by atomic mass is 10.1.